The van der Waals surface area contributed by atoms with Crippen LogP contribution in [0.25, 0.3) is 5.57 Å². The van der Waals surface area contributed by atoms with Crippen molar-refractivity contribution in [2.75, 3.05) is 20.8 Å². The number of esters is 2. The molecule has 0 radical (unpaired) electrons. The number of ether oxygens (including phenoxy) is 2. The van der Waals surface area contributed by atoms with E-state index in [1.54, 1.807) is 37.3 Å². The van der Waals surface area contributed by atoms with E-state index in [4.69, 9.17) is 4.74 Å². The number of benzene rings is 1. The van der Waals surface area contributed by atoms with E-state index in [1.807, 2.05) is 6.07 Å². The Balaban J connectivity index is 3.72. The molecule has 6 nitrogen and oxygen atoms in total. The summed E-state index contributed by atoms with van der Waals surface area (Å²) in [5.41, 5.74) is 2.01. The largest absolute Gasteiger partial charge is 0.466 e. The van der Waals surface area contributed by atoms with Gasteiger partial charge in [0, 0.05) is 11.1 Å². The van der Waals surface area contributed by atoms with Crippen LogP contribution in [0.4, 0.5) is 0 Å². The van der Waals surface area contributed by atoms with E-state index < -0.39 is 24.6 Å². The van der Waals surface area contributed by atoms with Crippen LogP contribution in [0.5, 0.6) is 0 Å². The summed E-state index contributed by atoms with van der Waals surface area (Å²) < 4.78 is 9.41. The van der Waals surface area contributed by atoms with Crippen molar-refractivity contribution >= 4 is 17.5 Å². The van der Waals surface area contributed by atoms with Crippen LogP contribution in [0.3, 0.4) is 0 Å². The maximum atomic E-state index is 11.8. The summed E-state index contributed by atoms with van der Waals surface area (Å²) in [7, 11) is 2.53. The second-order valence-corrected chi connectivity index (χ2v) is 5.57. The quantitative estimate of drug-likeness (QED) is 0.439. The van der Waals surface area contributed by atoms with Crippen molar-refractivity contribution in [2.24, 2.45) is 0 Å². The first kappa shape index (κ1) is 21.3. The summed E-state index contributed by atoms with van der Waals surface area (Å²) in [5, 5.41) is 19.8. The fourth-order valence-electron chi connectivity index (χ4n) is 2.29. The van der Waals surface area contributed by atoms with Gasteiger partial charge in [0.2, 0.25) is 0 Å². The lowest BCUT2D eigenvalue weighted by Crippen LogP contribution is -2.17. The summed E-state index contributed by atoms with van der Waals surface area (Å²) in [5.74, 6) is -1.08. The predicted octanol–water partition coefficient (Wildman–Crippen LogP) is 2.03. The van der Waals surface area contributed by atoms with Crippen molar-refractivity contribution in [3.63, 3.8) is 0 Å². The summed E-state index contributed by atoms with van der Waals surface area (Å²) >= 11 is 0. The molecule has 1 unspecified atom stereocenters. The fourth-order valence-corrected chi connectivity index (χ4v) is 2.29. The van der Waals surface area contributed by atoms with Gasteiger partial charge in [-0.2, -0.15) is 0 Å². The van der Waals surface area contributed by atoms with Gasteiger partial charge in [-0.05, 0) is 42.7 Å². The molecule has 0 aromatic heterocycles. The van der Waals surface area contributed by atoms with Gasteiger partial charge >= 0.3 is 11.9 Å². The maximum Gasteiger partial charge on any atom is 0.333 e. The zero-order chi connectivity index (χ0) is 19.7. The Bertz CT molecular complexity index is 728. The molecule has 0 heterocycles. The molecule has 0 fully saturated rings. The highest BCUT2D eigenvalue weighted by Crippen LogP contribution is 2.26. The molecule has 0 bridgehead atoms. The van der Waals surface area contributed by atoms with E-state index in [-0.39, 0.29) is 11.1 Å². The van der Waals surface area contributed by atoms with Crippen LogP contribution in [0, 0.1) is 0 Å². The number of carbonyl (C=O) groups excluding carboxylic acids is 2. The Labute approximate surface area is 153 Å². The van der Waals surface area contributed by atoms with Gasteiger partial charge in [0.05, 0.1) is 20.8 Å². The number of allylic oxidation sites excluding steroid dienone is 2. The second-order valence-electron chi connectivity index (χ2n) is 5.57. The van der Waals surface area contributed by atoms with E-state index >= 15 is 0 Å². The van der Waals surface area contributed by atoms with Gasteiger partial charge in [-0.3, -0.25) is 0 Å². The Kier molecular flexibility index (Phi) is 8.48. The zero-order valence-electron chi connectivity index (χ0n) is 15.4. The summed E-state index contributed by atoms with van der Waals surface area (Å²) in [6, 6.07) is 9.02. The Morgan fingerprint density at radius 3 is 1.96 bits per heavy atom. The Morgan fingerprint density at radius 2 is 1.50 bits per heavy atom. The molecule has 0 aliphatic heterocycles. The molecule has 0 amide bonds. The number of hydrogen-bond acceptors (Lipinski definition) is 6. The molecule has 1 aromatic rings. The number of aliphatic hydroxyl groups excluding tert-OH is 2. The Morgan fingerprint density at radius 1 is 1.00 bits per heavy atom. The second kappa shape index (κ2) is 10.3. The molecule has 0 saturated carbocycles. The van der Waals surface area contributed by atoms with Crippen molar-refractivity contribution in [1.29, 1.82) is 0 Å². The van der Waals surface area contributed by atoms with Crippen LogP contribution in [-0.2, 0) is 19.1 Å². The summed E-state index contributed by atoms with van der Waals surface area (Å²) in [6.45, 7) is 2.56. The van der Waals surface area contributed by atoms with Crippen molar-refractivity contribution < 1.29 is 29.3 Å². The predicted molar refractivity (Wildman–Crippen MR) is 98.0 cm³/mol. The lowest BCUT2D eigenvalue weighted by atomic mass is 9.93. The van der Waals surface area contributed by atoms with Crippen LogP contribution in [-0.4, -0.2) is 49.1 Å². The number of aliphatic hydroxyl groups is 2. The third-order valence-electron chi connectivity index (χ3n) is 3.68. The van der Waals surface area contributed by atoms with E-state index in [0.29, 0.717) is 16.7 Å². The van der Waals surface area contributed by atoms with Crippen LogP contribution >= 0.6 is 0 Å². The molecule has 1 atom stereocenters. The maximum absolute atomic E-state index is 11.8. The van der Waals surface area contributed by atoms with E-state index in [2.05, 4.69) is 4.74 Å². The van der Waals surface area contributed by atoms with E-state index in [1.165, 1.54) is 27.2 Å². The molecule has 0 spiro atoms. The highest BCUT2D eigenvalue weighted by Gasteiger charge is 2.17. The topological polar surface area (TPSA) is 93.1 Å². The molecular weight excluding hydrogens is 336 g/mol. The first-order valence-corrected chi connectivity index (χ1v) is 7.97. The smallest absolute Gasteiger partial charge is 0.333 e. The van der Waals surface area contributed by atoms with Gasteiger partial charge in [-0.1, -0.05) is 30.3 Å². The lowest BCUT2D eigenvalue weighted by molar-refractivity contribution is -0.136. The van der Waals surface area contributed by atoms with Gasteiger partial charge in [-0.25, -0.2) is 9.59 Å². The highest BCUT2D eigenvalue weighted by atomic mass is 16.5. The van der Waals surface area contributed by atoms with Crippen LogP contribution in [0.2, 0.25) is 0 Å². The minimum absolute atomic E-state index is 0.243. The normalized spacial score (nSPS) is 14.4. The zero-order valence-corrected chi connectivity index (χ0v) is 15.4. The molecule has 6 heteroatoms. The number of methoxy groups -OCH3 is 2. The molecule has 1 aromatic carbocycles. The van der Waals surface area contributed by atoms with E-state index in [0.717, 1.165) is 0 Å². The van der Waals surface area contributed by atoms with Crippen LogP contribution < -0.4 is 0 Å². The molecule has 0 aliphatic carbocycles. The van der Waals surface area contributed by atoms with Gasteiger partial charge < -0.3 is 19.7 Å². The molecule has 0 saturated heterocycles. The van der Waals surface area contributed by atoms with Gasteiger partial charge in [0.1, 0.15) is 6.10 Å². The van der Waals surface area contributed by atoms with Gasteiger partial charge in [0.25, 0.3) is 0 Å². The number of rotatable bonds is 7. The summed E-state index contributed by atoms with van der Waals surface area (Å²) in [6.07, 6.45) is 1.73. The molecule has 0 aliphatic rings. The lowest BCUT2D eigenvalue weighted by Gasteiger charge is -2.16. The van der Waals surface area contributed by atoms with Crippen LogP contribution in [0.15, 0.2) is 59.2 Å². The third-order valence-corrected chi connectivity index (χ3v) is 3.68. The minimum Gasteiger partial charge on any atom is -0.466 e. The van der Waals surface area contributed by atoms with Crippen molar-refractivity contribution in [1.82, 2.24) is 0 Å². The first-order valence-electron chi connectivity index (χ1n) is 7.97. The average molecular weight is 360 g/mol. The van der Waals surface area contributed by atoms with Crippen molar-refractivity contribution in [2.45, 2.75) is 20.0 Å². The summed E-state index contributed by atoms with van der Waals surface area (Å²) in [4.78, 5) is 23.6. The number of carbonyl (C=O) groups is 2. The van der Waals surface area contributed by atoms with Gasteiger partial charge in [0.15, 0.2) is 0 Å². The number of hydrogen-bond donors (Lipinski definition) is 2. The van der Waals surface area contributed by atoms with Crippen molar-refractivity contribution in [3.8, 4) is 0 Å². The third kappa shape index (κ3) is 5.68. The highest BCUT2D eigenvalue weighted by molar-refractivity contribution is 5.94. The SMILES string of the molecule is COC(=O)C(C)=CC(=C(C=C(C)C(=O)OC)C(O)CO)c1ccccc1. The van der Waals surface area contributed by atoms with E-state index in [9.17, 15) is 19.8 Å². The molecular formula is C20H24O6. The first-order chi connectivity index (χ1) is 12.3. The fraction of sp³-hybridized carbons (Fsp3) is 0.300. The van der Waals surface area contributed by atoms with Gasteiger partial charge in [-0.15, -0.1) is 0 Å². The van der Waals surface area contributed by atoms with Crippen molar-refractivity contribution in [3.05, 3.63) is 64.8 Å². The minimum atomic E-state index is -1.26. The Hall–Kier alpha value is -2.70. The molecule has 1 rings (SSSR count). The van der Waals surface area contributed by atoms with Crippen LogP contribution in [0.1, 0.15) is 19.4 Å². The molecule has 26 heavy (non-hydrogen) atoms. The monoisotopic (exact) mass is 360 g/mol. The molecule has 2 N–H and O–H groups in total. The molecule has 140 valence electrons. The standard InChI is InChI=1S/C20H24O6/c1-13(19(23)25-3)10-16(15-8-6-5-7-9-15)17(18(22)12-21)11-14(2)20(24)26-4/h5-11,18,21-22H,12H2,1-4H3. The average Bonchev–Trinajstić information content (AvgIpc) is 2.68.